The first-order valence-electron chi connectivity index (χ1n) is 7.71. The number of hydrogen-bond donors (Lipinski definition) is 2. The Kier molecular flexibility index (Phi) is 5.24. The van der Waals surface area contributed by atoms with Crippen molar-refractivity contribution in [2.24, 2.45) is 0 Å². The lowest BCUT2D eigenvalue weighted by atomic mass is 10.2. The monoisotopic (exact) mass is 312 g/mol. The zero-order chi connectivity index (χ0) is 15.9. The summed E-state index contributed by atoms with van der Waals surface area (Å²) in [6.45, 7) is 1.31. The van der Waals surface area contributed by atoms with E-state index in [1.807, 2.05) is 54.6 Å². The van der Waals surface area contributed by atoms with Crippen LogP contribution in [-0.4, -0.2) is 31.8 Å². The predicted octanol–water partition coefficient (Wildman–Crippen LogP) is 3.17. The maximum atomic E-state index is 12.1. The van der Waals surface area contributed by atoms with Gasteiger partial charge in [0, 0.05) is 12.3 Å². The first kappa shape index (κ1) is 15.5. The standard InChI is InChI=1S/C18H20N2O3/c21-18(13-23-15-10-11-22-12-15)20-17-9-5-4-8-16(17)19-14-6-2-1-3-7-14/h1-9,15,19H,10-13H2,(H,20,21)/t15-/m0/s1. The van der Waals surface area contributed by atoms with Crippen LogP contribution in [0.5, 0.6) is 0 Å². The van der Waals surface area contributed by atoms with Crippen LogP contribution in [0.25, 0.3) is 0 Å². The Morgan fingerprint density at radius 3 is 2.57 bits per heavy atom. The van der Waals surface area contributed by atoms with E-state index in [0.29, 0.717) is 13.2 Å². The number of ether oxygens (including phenoxy) is 2. The van der Waals surface area contributed by atoms with Crippen molar-refractivity contribution in [3.63, 3.8) is 0 Å². The molecule has 1 aliphatic rings. The summed E-state index contributed by atoms with van der Waals surface area (Å²) >= 11 is 0. The Morgan fingerprint density at radius 1 is 1.09 bits per heavy atom. The van der Waals surface area contributed by atoms with Crippen LogP contribution in [0.2, 0.25) is 0 Å². The molecule has 120 valence electrons. The highest BCUT2D eigenvalue weighted by Gasteiger charge is 2.17. The van der Waals surface area contributed by atoms with E-state index in [1.54, 1.807) is 0 Å². The molecular formula is C18H20N2O3. The lowest BCUT2D eigenvalue weighted by Gasteiger charge is -2.14. The third kappa shape index (κ3) is 4.55. The van der Waals surface area contributed by atoms with Crippen LogP contribution in [0.4, 0.5) is 17.1 Å². The maximum absolute atomic E-state index is 12.1. The van der Waals surface area contributed by atoms with Gasteiger partial charge in [0.1, 0.15) is 6.61 Å². The summed E-state index contributed by atoms with van der Waals surface area (Å²) in [6, 6.07) is 17.4. The number of anilines is 3. The zero-order valence-corrected chi connectivity index (χ0v) is 12.8. The number of rotatable bonds is 6. The van der Waals surface area contributed by atoms with Gasteiger partial charge in [-0.3, -0.25) is 4.79 Å². The molecule has 5 heteroatoms. The molecule has 23 heavy (non-hydrogen) atoms. The van der Waals surface area contributed by atoms with E-state index in [9.17, 15) is 4.79 Å². The first-order chi connectivity index (χ1) is 11.3. The third-order valence-electron chi connectivity index (χ3n) is 3.59. The van der Waals surface area contributed by atoms with Crippen molar-refractivity contribution in [2.75, 3.05) is 30.5 Å². The van der Waals surface area contributed by atoms with Gasteiger partial charge in [0.15, 0.2) is 0 Å². The van der Waals surface area contributed by atoms with Crippen molar-refractivity contribution in [2.45, 2.75) is 12.5 Å². The minimum Gasteiger partial charge on any atom is -0.379 e. The second-order valence-electron chi connectivity index (χ2n) is 5.38. The average Bonchev–Trinajstić information content (AvgIpc) is 3.09. The van der Waals surface area contributed by atoms with Crippen molar-refractivity contribution in [3.8, 4) is 0 Å². The Balaban J connectivity index is 1.59. The topological polar surface area (TPSA) is 59.6 Å². The van der Waals surface area contributed by atoms with E-state index >= 15 is 0 Å². The van der Waals surface area contributed by atoms with Crippen LogP contribution >= 0.6 is 0 Å². The summed E-state index contributed by atoms with van der Waals surface area (Å²) in [5, 5.41) is 6.19. The Hall–Kier alpha value is -2.37. The van der Waals surface area contributed by atoms with Crippen LogP contribution in [0.1, 0.15) is 6.42 Å². The Bertz CT molecular complexity index is 640. The number of hydrogen-bond acceptors (Lipinski definition) is 4. The van der Waals surface area contributed by atoms with Crippen molar-refractivity contribution >= 4 is 23.0 Å². The molecule has 0 saturated carbocycles. The van der Waals surface area contributed by atoms with Gasteiger partial charge in [-0.25, -0.2) is 0 Å². The normalized spacial score (nSPS) is 17.0. The van der Waals surface area contributed by atoms with Crippen LogP contribution in [0.3, 0.4) is 0 Å². The van der Waals surface area contributed by atoms with E-state index in [0.717, 1.165) is 23.5 Å². The number of amides is 1. The molecule has 1 heterocycles. The van der Waals surface area contributed by atoms with Crippen molar-refractivity contribution in [3.05, 3.63) is 54.6 Å². The van der Waals surface area contributed by atoms with Gasteiger partial charge in [0.2, 0.25) is 5.91 Å². The number of benzene rings is 2. The second-order valence-corrected chi connectivity index (χ2v) is 5.38. The Labute approximate surface area is 135 Å². The highest BCUT2D eigenvalue weighted by atomic mass is 16.5. The molecule has 0 aromatic heterocycles. The third-order valence-corrected chi connectivity index (χ3v) is 3.59. The van der Waals surface area contributed by atoms with E-state index in [-0.39, 0.29) is 18.6 Å². The largest absolute Gasteiger partial charge is 0.379 e. The molecule has 1 saturated heterocycles. The molecule has 1 amide bonds. The van der Waals surface area contributed by atoms with Gasteiger partial charge in [-0.15, -0.1) is 0 Å². The molecule has 3 rings (SSSR count). The molecule has 0 unspecified atom stereocenters. The lowest BCUT2D eigenvalue weighted by molar-refractivity contribution is -0.122. The SMILES string of the molecule is O=C(CO[C@H]1CCOC1)Nc1ccccc1Nc1ccccc1. The van der Waals surface area contributed by atoms with Crippen molar-refractivity contribution < 1.29 is 14.3 Å². The summed E-state index contributed by atoms with van der Waals surface area (Å²) in [5.41, 5.74) is 2.54. The molecule has 0 spiro atoms. The second kappa shape index (κ2) is 7.76. The van der Waals surface area contributed by atoms with Gasteiger partial charge in [-0.05, 0) is 30.7 Å². The number of carbonyl (C=O) groups excluding carboxylic acids is 1. The van der Waals surface area contributed by atoms with E-state index < -0.39 is 0 Å². The fraction of sp³-hybridized carbons (Fsp3) is 0.278. The number of carbonyl (C=O) groups is 1. The summed E-state index contributed by atoms with van der Waals surface area (Å²) in [6.07, 6.45) is 0.873. The molecular weight excluding hydrogens is 292 g/mol. The average molecular weight is 312 g/mol. The van der Waals surface area contributed by atoms with Gasteiger partial charge in [0.25, 0.3) is 0 Å². The van der Waals surface area contributed by atoms with E-state index in [2.05, 4.69) is 10.6 Å². The van der Waals surface area contributed by atoms with Gasteiger partial charge in [-0.1, -0.05) is 30.3 Å². The molecule has 2 aromatic carbocycles. The summed E-state index contributed by atoms with van der Waals surface area (Å²) < 4.78 is 10.8. The first-order valence-corrected chi connectivity index (χ1v) is 7.71. The minimum atomic E-state index is -0.167. The fourth-order valence-electron chi connectivity index (χ4n) is 2.40. The van der Waals surface area contributed by atoms with Crippen LogP contribution < -0.4 is 10.6 Å². The molecule has 1 aliphatic heterocycles. The van der Waals surface area contributed by atoms with Gasteiger partial charge >= 0.3 is 0 Å². The fourth-order valence-corrected chi connectivity index (χ4v) is 2.40. The summed E-state index contributed by atoms with van der Waals surface area (Å²) in [5.74, 6) is -0.167. The summed E-state index contributed by atoms with van der Waals surface area (Å²) in [4.78, 5) is 12.1. The smallest absolute Gasteiger partial charge is 0.250 e. The van der Waals surface area contributed by atoms with Gasteiger partial charge in [0.05, 0.1) is 24.1 Å². The van der Waals surface area contributed by atoms with E-state index in [4.69, 9.17) is 9.47 Å². The highest BCUT2D eigenvalue weighted by Crippen LogP contribution is 2.25. The molecule has 0 aliphatic carbocycles. The van der Waals surface area contributed by atoms with Crippen LogP contribution in [0.15, 0.2) is 54.6 Å². The minimum absolute atomic E-state index is 0.0263. The number of para-hydroxylation sites is 3. The molecule has 0 bridgehead atoms. The molecule has 1 fully saturated rings. The number of nitrogens with one attached hydrogen (secondary N) is 2. The molecule has 5 nitrogen and oxygen atoms in total. The van der Waals surface area contributed by atoms with Crippen LogP contribution in [0, 0.1) is 0 Å². The molecule has 0 radical (unpaired) electrons. The predicted molar refractivity (Wildman–Crippen MR) is 90.0 cm³/mol. The Morgan fingerprint density at radius 2 is 1.83 bits per heavy atom. The highest BCUT2D eigenvalue weighted by molar-refractivity contribution is 5.95. The summed E-state index contributed by atoms with van der Waals surface area (Å²) in [7, 11) is 0. The molecule has 2 N–H and O–H groups in total. The zero-order valence-electron chi connectivity index (χ0n) is 12.8. The van der Waals surface area contributed by atoms with E-state index in [1.165, 1.54) is 0 Å². The lowest BCUT2D eigenvalue weighted by Crippen LogP contribution is -2.23. The molecule has 2 aromatic rings. The van der Waals surface area contributed by atoms with Crippen LogP contribution in [-0.2, 0) is 14.3 Å². The maximum Gasteiger partial charge on any atom is 0.250 e. The van der Waals surface area contributed by atoms with Gasteiger partial charge in [-0.2, -0.15) is 0 Å². The van der Waals surface area contributed by atoms with Crippen molar-refractivity contribution in [1.29, 1.82) is 0 Å². The van der Waals surface area contributed by atoms with Crippen molar-refractivity contribution in [1.82, 2.24) is 0 Å². The molecule has 1 atom stereocenters. The quantitative estimate of drug-likeness (QED) is 0.860. The van der Waals surface area contributed by atoms with Gasteiger partial charge < -0.3 is 20.1 Å².